The van der Waals surface area contributed by atoms with Crippen LogP contribution in [0.1, 0.15) is 24.1 Å². The molecule has 0 saturated carbocycles. The van der Waals surface area contributed by atoms with E-state index in [1.807, 2.05) is 24.3 Å². The smallest absolute Gasteiger partial charge is 0.0991 e. The standard InChI is InChI=1S/C13H16N2OS/c1-10-7-15-13(9-17(16)8-10)12-4-2-11(6-14)3-5-12/h2-5,10,13,15H,7-9H2,1H3. The first-order valence-corrected chi connectivity index (χ1v) is 7.26. The number of nitrogens with one attached hydrogen (secondary N) is 1. The van der Waals surface area contributed by atoms with Gasteiger partial charge in [-0.1, -0.05) is 19.1 Å². The number of nitriles is 1. The fourth-order valence-corrected chi connectivity index (χ4v) is 3.61. The second-order valence-electron chi connectivity index (χ2n) is 4.57. The molecule has 1 aliphatic rings. The van der Waals surface area contributed by atoms with Crippen molar-refractivity contribution in [1.82, 2.24) is 5.32 Å². The highest BCUT2D eigenvalue weighted by Crippen LogP contribution is 2.18. The molecule has 1 aliphatic heterocycles. The molecule has 0 aromatic heterocycles. The maximum atomic E-state index is 11.8. The molecule has 0 radical (unpaired) electrons. The van der Waals surface area contributed by atoms with Gasteiger partial charge < -0.3 is 5.32 Å². The third-order valence-corrected chi connectivity index (χ3v) is 4.62. The van der Waals surface area contributed by atoms with Crippen LogP contribution in [0.3, 0.4) is 0 Å². The highest BCUT2D eigenvalue weighted by Gasteiger charge is 2.21. The summed E-state index contributed by atoms with van der Waals surface area (Å²) in [6.45, 7) is 3.02. The van der Waals surface area contributed by atoms with E-state index in [4.69, 9.17) is 5.26 Å². The summed E-state index contributed by atoms with van der Waals surface area (Å²) in [4.78, 5) is 0. The van der Waals surface area contributed by atoms with E-state index in [0.717, 1.165) is 17.9 Å². The quantitative estimate of drug-likeness (QED) is 0.821. The van der Waals surface area contributed by atoms with E-state index in [9.17, 15) is 4.21 Å². The Morgan fingerprint density at radius 1 is 1.35 bits per heavy atom. The van der Waals surface area contributed by atoms with E-state index in [1.54, 1.807) is 0 Å². The fourth-order valence-electron chi connectivity index (χ4n) is 2.04. The number of hydrogen-bond acceptors (Lipinski definition) is 3. The number of nitrogens with zero attached hydrogens (tertiary/aromatic N) is 1. The number of rotatable bonds is 1. The maximum Gasteiger partial charge on any atom is 0.0991 e. The van der Waals surface area contributed by atoms with Gasteiger partial charge in [-0.05, 0) is 30.2 Å². The van der Waals surface area contributed by atoms with Gasteiger partial charge >= 0.3 is 0 Å². The van der Waals surface area contributed by atoms with Gasteiger partial charge in [-0.3, -0.25) is 4.21 Å². The van der Waals surface area contributed by atoms with Gasteiger partial charge in [-0.25, -0.2) is 0 Å². The second kappa shape index (κ2) is 5.44. The van der Waals surface area contributed by atoms with E-state index in [0.29, 0.717) is 17.2 Å². The van der Waals surface area contributed by atoms with Crippen LogP contribution in [0.4, 0.5) is 0 Å². The minimum absolute atomic E-state index is 0.147. The van der Waals surface area contributed by atoms with Crippen LogP contribution in [-0.2, 0) is 10.8 Å². The Labute approximate surface area is 104 Å². The second-order valence-corrected chi connectivity index (χ2v) is 6.12. The summed E-state index contributed by atoms with van der Waals surface area (Å²) in [5.74, 6) is 1.90. The molecule has 17 heavy (non-hydrogen) atoms. The molecule has 3 unspecified atom stereocenters. The molecular formula is C13H16N2OS. The van der Waals surface area contributed by atoms with Crippen molar-refractivity contribution >= 4 is 10.8 Å². The van der Waals surface area contributed by atoms with Crippen molar-refractivity contribution < 1.29 is 4.21 Å². The Hall–Kier alpha value is -1.18. The summed E-state index contributed by atoms with van der Waals surface area (Å²) in [6, 6.07) is 9.77. The topological polar surface area (TPSA) is 52.9 Å². The van der Waals surface area contributed by atoms with E-state index >= 15 is 0 Å². The van der Waals surface area contributed by atoms with Crippen molar-refractivity contribution in [2.24, 2.45) is 5.92 Å². The summed E-state index contributed by atoms with van der Waals surface area (Å²) in [5, 5.41) is 12.2. The minimum atomic E-state index is -0.753. The Morgan fingerprint density at radius 3 is 2.71 bits per heavy atom. The average Bonchev–Trinajstić information content (AvgIpc) is 2.50. The third kappa shape index (κ3) is 3.15. The molecule has 90 valence electrons. The van der Waals surface area contributed by atoms with Gasteiger partial charge in [-0.2, -0.15) is 5.26 Å². The SMILES string of the molecule is CC1CNC(c2ccc(C#N)cc2)CS(=O)C1. The molecule has 1 aromatic carbocycles. The van der Waals surface area contributed by atoms with Crippen LogP contribution in [0.5, 0.6) is 0 Å². The van der Waals surface area contributed by atoms with E-state index in [-0.39, 0.29) is 6.04 Å². The van der Waals surface area contributed by atoms with E-state index in [2.05, 4.69) is 18.3 Å². The number of benzene rings is 1. The first-order valence-electron chi connectivity index (χ1n) is 5.77. The highest BCUT2D eigenvalue weighted by atomic mass is 32.2. The summed E-state index contributed by atoms with van der Waals surface area (Å²) in [6.07, 6.45) is 0. The van der Waals surface area contributed by atoms with Crippen molar-refractivity contribution in [3.8, 4) is 6.07 Å². The molecule has 1 heterocycles. The molecule has 0 spiro atoms. The maximum absolute atomic E-state index is 11.8. The summed E-state index contributed by atoms with van der Waals surface area (Å²) in [7, 11) is -0.753. The summed E-state index contributed by atoms with van der Waals surface area (Å²) >= 11 is 0. The fraction of sp³-hybridized carbons (Fsp3) is 0.462. The molecule has 1 aromatic rings. The van der Waals surface area contributed by atoms with Gasteiger partial charge in [0.05, 0.1) is 11.6 Å². The first kappa shape index (κ1) is 12.3. The monoisotopic (exact) mass is 248 g/mol. The van der Waals surface area contributed by atoms with Crippen LogP contribution in [0.15, 0.2) is 24.3 Å². The molecule has 0 bridgehead atoms. The molecule has 1 fully saturated rings. The van der Waals surface area contributed by atoms with Gasteiger partial charge in [0.2, 0.25) is 0 Å². The predicted octanol–water partition coefficient (Wildman–Crippen LogP) is 1.59. The molecule has 1 N–H and O–H groups in total. The molecule has 0 aliphatic carbocycles. The van der Waals surface area contributed by atoms with Crippen LogP contribution in [-0.4, -0.2) is 22.3 Å². The van der Waals surface area contributed by atoms with Gasteiger partial charge in [0, 0.05) is 28.3 Å². The van der Waals surface area contributed by atoms with Crippen molar-refractivity contribution in [2.45, 2.75) is 13.0 Å². The van der Waals surface area contributed by atoms with Crippen molar-refractivity contribution in [1.29, 1.82) is 5.26 Å². The largest absolute Gasteiger partial charge is 0.309 e. The lowest BCUT2D eigenvalue weighted by molar-refractivity contribution is 0.517. The van der Waals surface area contributed by atoms with Gasteiger partial charge in [0.15, 0.2) is 0 Å². The Balaban J connectivity index is 2.15. The van der Waals surface area contributed by atoms with Gasteiger partial charge in [-0.15, -0.1) is 0 Å². The first-order chi connectivity index (χ1) is 8.19. The summed E-state index contributed by atoms with van der Waals surface area (Å²) in [5.41, 5.74) is 1.78. The lowest BCUT2D eigenvalue weighted by Gasteiger charge is -2.16. The normalized spacial score (nSPS) is 29.3. The van der Waals surface area contributed by atoms with Crippen LogP contribution in [0, 0.1) is 17.2 Å². The molecule has 0 amide bonds. The van der Waals surface area contributed by atoms with E-state index in [1.165, 1.54) is 0 Å². The van der Waals surface area contributed by atoms with Gasteiger partial charge in [0.1, 0.15) is 0 Å². The predicted molar refractivity (Wildman–Crippen MR) is 68.9 cm³/mol. The molecular weight excluding hydrogens is 232 g/mol. The van der Waals surface area contributed by atoms with Crippen LogP contribution in [0.25, 0.3) is 0 Å². The lowest BCUT2D eigenvalue weighted by atomic mass is 10.1. The molecule has 2 rings (SSSR count). The van der Waals surface area contributed by atoms with E-state index < -0.39 is 10.8 Å². The number of hydrogen-bond donors (Lipinski definition) is 1. The Morgan fingerprint density at radius 2 is 2.06 bits per heavy atom. The summed E-state index contributed by atoms with van der Waals surface area (Å²) < 4.78 is 11.8. The zero-order chi connectivity index (χ0) is 12.3. The highest BCUT2D eigenvalue weighted by molar-refractivity contribution is 7.85. The van der Waals surface area contributed by atoms with Crippen molar-refractivity contribution in [3.63, 3.8) is 0 Å². The molecule has 3 nitrogen and oxygen atoms in total. The zero-order valence-corrected chi connectivity index (χ0v) is 10.7. The lowest BCUT2D eigenvalue weighted by Crippen LogP contribution is -2.25. The average molecular weight is 248 g/mol. The van der Waals surface area contributed by atoms with Crippen LogP contribution < -0.4 is 5.32 Å². The molecule has 3 atom stereocenters. The van der Waals surface area contributed by atoms with Crippen molar-refractivity contribution in [3.05, 3.63) is 35.4 Å². The molecule has 1 saturated heterocycles. The van der Waals surface area contributed by atoms with Crippen LogP contribution in [0.2, 0.25) is 0 Å². The molecule has 4 heteroatoms. The zero-order valence-electron chi connectivity index (χ0n) is 9.85. The van der Waals surface area contributed by atoms with Crippen molar-refractivity contribution in [2.75, 3.05) is 18.1 Å². The van der Waals surface area contributed by atoms with Crippen LogP contribution >= 0.6 is 0 Å². The Kier molecular flexibility index (Phi) is 3.93. The minimum Gasteiger partial charge on any atom is -0.309 e. The van der Waals surface area contributed by atoms with Gasteiger partial charge in [0.25, 0.3) is 0 Å². The Bertz CT molecular complexity index is 449. The third-order valence-electron chi connectivity index (χ3n) is 2.98.